The third-order valence-corrected chi connectivity index (χ3v) is 4.62. The van der Waals surface area contributed by atoms with Crippen LogP contribution < -0.4 is 10.5 Å². The number of nitrogens with one attached hydrogen (secondary N) is 1. The third-order valence-electron chi connectivity index (χ3n) is 4.62. The minimum Gasteiger partial charge on any atom is -0.396 e. The maximum Gasteiger partial charge on any atom is 0.258 e. The first kappa shape index (κ1) is 15.5. The molecule has 0 saturated carbocycles. The zero-order valence-corrected chi connectivity index (χ0v) is 13.5. The Kier molecular flexibility index (Phi) is 3.82. The number of carbonyl (C=O) groups is 1. The van der Waals surface area contributed by atoms with Crippen molar-refractivity contribution in [2.24, 2.45) is 5.92 Å². The molecular weight excluding hydrogens is 318 g/mol. The van der Waals surface area contributed by atoms with Crippen molar-refractivity contribution in [2.45, 2.75) is 6.42 Å². The number of fused-ring (bicyclic) bond motifs is 2. The van der Waals surface area contributed by atoms with Crippen LogP contribution in [0.15, 0.2) is 53.6 Å². The normalized spacial score (nSPS) is 16.7. The fourth-order valence-corrected chi connectivity index (χ4v) is 3.35. The fraction of sp³-hybridized carbons (Fsp3) is 0.211. The Hall–Kier alpha value is -2.99. The lowest BCUT2D eigenvalue weighted by Crippen LogP contribution is -2.41. The molecule has 6 nitrogen and oxygen atoms in total. The summed E-state index contributed by atoms with van der Waals surface area (Å²) in [6.07, 6.45) is 2.09. The molecule has 0 saturated heterocycles. The van der Waals surface area contributed by atoms with Crippen LogP contribution >= 0.6 is 0 Å². The van der Waals surface area contributed by atoms with E-state index in [0.29, 0.717) is 23.0 Å². The highest BCUT2D eigenvalue weighted by molar-refractivity contribution is 6.08. The second-order valence-corrected chi connectivity index (χ2v) is 6.26. The quantitative estimate of drug-likeness (QED) is 0.747. The standard InChI is InChI=1S/C19H17N3O3/c23-10-12-7-13-3-1-2-4-17(13)22(9-12)19(25)14-5-6-16-15(8-14)18(24)21-11-20-16/h1-6,8,11-12,23H,7,9-10H2,(H,20,21,24). The van der Waals surface area contributed by atoms with Crippen LogP contribution in [0, 0.1) is 5.92 Å². The summed E-state index contributed by atoms with van der Waals surface area (Å²) in [5.74, 6) is -0.180. The number of anilines is 1. The number of aliphatic hydroxyl groups excluding tert-OH is 1. The number of carbonyl (C=O) groups excluding carboxylic acids is 1. The maximum atomic E-state index is 13.1. The van der Waals surface area contributed by atoms with Gasteiger partial charge in [-0.25, -0.2) is 4.98 Å². The number of rotatable bonds is 2. The van der Waals surface area contributed by atoms with Crippen LogP contribution in [0.25, 0.3) is 10.9 Å². The highest BCUT2D eigenvalue weighted by Gasteiger charge is 2.28. The van der Waals surface area contributed by atoms with Crippen molar-refractivity contribution in [3.05, 3.63) is 70.3 Å². The van der Waals surface area contributed by atoms with Crippen molar-refractivity contribution in [1.29, 1.82) is 0 Å². The number of nitrogens with zero attached hydrogens (tertiary/aromatic N) is 2. The van der Waals surface area contributed by atoms with Crippen molar-refractivity contribution in [1.82, 2.24) is 9.97 Å². The molecule has 0 radical (unpaired) electrons. The van der Waals surface area contributed by atoms with Crippen LogP contribution in [0.5, 0.6) is 0 Å². The summed E-state index contributed by atoms with van der Waals surface area (Å²) in [6.45, 7) is 0.479. The van der Waals surface area contributed by atoms with Gasteiger partial charge in [0.2, 0.25) is 0 Å². The number of aromatic amines is 1. The summed E-state index contributed by atoms with van der Waals surface area (Å²) >= 11 is 0. The molecule has 2 heterocycles. The van der Waals surface area contributed by atoms with Crippen LogP contribution in [-0.2, 0) is 6.42 Å². The Bertz CT molecular complexity index is 1010. The topological polar surface area (TPSA) is 86.3 Å². The number of aliphatic hydroxyl groups is 1. The average Bonchev–Trinajstić information content (AvgIpc) is 2.66. The Morgan fingerprint density at radius 3 is 2.96 bits per heavy atom. The number of hydrogen-bond donors (Lipinski definition) is 2. The highest BCUT2D eigenvalue weighted by Crippen LogP contribution is 2.30. The van der Waals surface area contributed by atoms with Gasteiger partial charge in [-0.1, -0.05) is 18.2 Å². The van der Waals surface area contributed by atoms with Gasteiger partial charge in [0.15, 0.2) is 0 Å². The Balaban J connectivity index is 1.78. The zero-order valence-electron chi connectivity index (χ0n) is 13.5. The monoisotopic (exact) mass is 335 g/mol. The Morgan fingerprint density at radius 1 is 1.28 bits per heavy atom. The molecule has 0 aliphatic carbocycles. The molecule has 0 bridgehead atoms. The van der Waals surface area contributed by atoms with E-state index in [1.807, 2.05) is 24.3 Å². The van der Waals surface area contributed by atoms with E-state index in [-0.39, 0.29) is 24.0 Å². The number of amides is 1. The molecule has 1 aliphatic rings. The van der Waals surface area contributed by atoms with Crippen molar-refractivity contribution < 1.29 is 9.90 Å². The molecule has 0 spiro atoms. The molecule has 1 amide bonds. The largest absolute Gasteiger partial charge is 0.396 e. The van der Waals surface area contributed by atoms with Gasteiger partial charge in [0.1, 0.15) is 0 Å². The number of benzene rings is 2. The summed E-state index contributed by atoms with van der Waals surface area (Å²) in [5, 5.41) is 9.96. The Morgan fingerprint density at radius 2 is 2.12 bits per heavy atom. The van der Waals surface area contributed by atoms with Gasteiger partial charge in [0.05, 0.1) is 17.2 Å². The average molecular weight is 335 g/mol. The molecule has 0 fully saturated rings. The van der Waals surface area contributed by atoms with Crippen molar-refractivity contribution in [3.63, 3.8) is 0 Å². The second kappa shape index (κ2) is 6.14. The van der Waals surface area contributed by atoms with Crippen molar-refractivity contribution in [3.8, 4) is 0 Å². The van der Waals surface area contributed by atoms with Gasteiger partial charge in [-0.15, -0.1) is 0 Å². The van der Waals surface area contributed by atoms with E-state index in [1.165, 1.54) is 6.33 Å². The van der Waals surface area contributed by atoms with E-state index in [4.69, 9.17) is 0 Å². The summed E-state index contributed by atoms with van der Waals surface area (Å²) in [4.78, 5) is 33.4. The smallest absolute Gasteiger partial charge is 0.258 e. The molecule has 1 aromatic heterocycles. The lowest BCUT2D eigenvalue weighted by Gasteiger charge is -2.34. The van der Waals surface area contributed by atoms with E-state index in [2.05, 4.69) is 9.97 Å². The number of hydrogen-bond acceptors (Lipinski definition) is 4. The van der Waals surface area contributed by atoms with Gasteiger partial charge >= 0.3 is 0 Å². The van der Waals surface area contributed by atoms with Gasteiger partial charge in [-0.3, -0.25) is 9.59 Å². The minimum atomic E-state index is -0.271. The molecule has 6 heteroatoms. The number of aromatic nitrogens is 2. The molecule has 1 aliphatic heterocycles. The molecule has 126 valence electrons. The van der Waals surface area contributed by atoms with E-state index >= 15 is 0 Å². The third kappa shape index (κ3) is 2.70. The van der Waals surface area contributed by atoms with Gasteiger partial charge in [-0.05, 0) is 36.2 Å². The lowest BCUT2D eigenvalue weighted by atomic mass is 9.92. The van der Waals surface area contributed by atoms with E-state index < -0.39 is 0 Å². The minimum absolute atomic E-state index is 0.00405. The van der Waals surface area contributed by atoms with E-state index in [0.717, 1.165) is 17.7 Å². The van der Waals surface area contributed by atoms with Gasteiger partial charge < -0.3 is 15.0 Å². The molecule has 1 unspecified atom stereocenters. The molecule has 2 aromatic carbocycles. The molecule has 4 rings (SSSR count). The Labute approximate surface area is 143 Å². The van der Waals surface area contributed by atoms with Crippen LogP contribution in [-0.4, -0.2) is 34.1 Å². The van der Waals surface area contributed by atoms with Crippen molar-refractivity contribution in [2.75, 3.05) is 18.1 Å². The first-order chi connectivity index (χ1) is 12.2. The van der Waals surface area contributed by atoms with E-state index in [1.54, 1.807) is 23.1 Å². The first-order valence-electron chi connectivity index (χ1n) is 8.15. The van der Waals surface area contributed by atoms with Crippen LogP contribution in [0.4, 0.5) is 5.69 Å². The molecule has 2 N–H and O–H groups in total. The lowest BCUT2D eigenvalue weighted by molar-refractivity contribution is 0.0974. The van der Waals surface area contributed by atoms with Gasteiger partial charge in [-0.2, -0.15) is 0 Å². The number of H-pyrrole nitrogens is 1. The molecule has 1 atom stereocenters. The predicted octanol–water partition coefficient (Wildman–Crippen LogP) is 1.73. The molecular formula is C19H17N3O3. The molecule has 3 aromatic rings. The van der Waals surface area contributed by atoms with Crippen molar-refractivity contribution >= 4 is 22.5 Å². The van der Waals surface area contributed by atoms with E-state index in [9.17, 15) is 14.7 Å². The zero-order chi connectivity index (χ0) is 17.4. The second-order valence-electron chi connectivity index (χ2n) is 6.26. The van der Waals surface area contributed by atoms with Crippen LogP contribution in [0.1, 0.15) is 15.9 Å². The van der Waals surface area contributed by atoms with Crippen LogP contribution in [0.2, 0.25) is 0 Å². The first-order valence-corrected chi connectivity index (χ1v) is 8.15. The maximum absolute atomic E-state index is 13.1. The summed E-state index contributed by atoms with van der Waals surface area (Å²) < 4.78 is 0. The number of para-hydroxylation sites is 1. The summed E-state index contributed by atoms with van der Waals surface area (Å²) in [7, 11) is 0. The van der Waals surface area contributed by atoms with Crippen LogP contribution in [0.3, 0.4) is 0 Å². The molecule has 25 heavy (non-hydrogen) atoms. The SMILES string of the molecule is O=C(c1ccc2nc[nH]c(=O)c2c1)N1CC(CO)Cc2ccccc21. The summed E-state index contributed by atoms with van der Waals surface area (Å²) in [6, 6.07) is 12.7. The summed E-state index contributed by atoms with van der Waals surface area (Å²) in [5.41, 5.74) is 2.61. The predicted molar refractivity (Wildman–Crippen MR) is 94.8 cm³/mol. The van der Waals surface area contributed by atoms with Gasteiger partial charge in [0.25, 0.3) is 11.5 Å². The fourth-order valence-electron chi connectivity index (χ4n) is 3.35. The van der Waals surface area contributed by atoms with Gasteiger partial charge in [0, 0.05) is 30.3 Å². The highest BCUT2D eigenvalue weighted by atomic mass is 16.3.